The van der Waals surface area contributed by atoms with Gasteiger partial charge in [-0.3, -0.25) is 4.79 Å². The molecule has 0 spiro atoms. The molecule has 1 N–H and O–H groups in total. The molecule has 80 valence electrons. The molecule has 0 saturated heterocycles. The Morgan fingerprint density at radius 3 is 3.13 bits per heavy atom. The number of benzene rings is 1. The Morgan fingerprint density at radius 2 is 2.40 bits per heavy atom. The zero-order chi connectivity index (χ0) is 10.8. The van der Waals surface area contributed by atoms with E-state index in [1.54, 1.807) is 6.07 Å². The van der Waals surface area contributed by atoms with Crippen LogP contribution < -0.4 is 10.1 Å². The number of nitrogens with one attached hydrogen (secondary N) is 1. The van der Waals surface area contributed by atoms with Gasteiger partial charge in [-0.25, -0.2) is 0 Å². The molecule has 4 heteroatoms. The summed E-state index contributed by atoms with van der Waals surface area (Å²) >= 11 is 5.89. The molecule has 15 heavy (non-hydrogen) atoms. The summed E-state index contributed by atoms with van der Waals surface area (Å²) in [4.78, 5) is 10.9. The highest BCUT2D eigenvalue weighted by Gasteiger charge is 2.20. The lowest BCUT2D eigenvalue weighted by Crippen LogP contribution is -2.41. The molecule has 1 aromatic rings. The van der Waals surface area contributed by atoms with Crippen LogP contribution in [-0.4, -0.2) is 18.6 Å². The number of halogens is 1. The first kappa shape index (κ1) is 10.3. The molecule has 1 aliphatic heterocycles. The second-order valence-corrected chi connectivity index (χ2v) is 4.10. The molecule has 1 aliphatic rings. The fraction of sp³-hybridized carbons (Fsp3) is 0.364. The molecule has 3 nitrogen and oxygen atoms in total. The van der Waals surface area contributed by atoms with E-state index in [0.717, 1.165) is 17.7 Å². The SMILES string of the molecule is CC(=O)NC1COc2ccc(Cl)cc2C1. The molecule has 1 heterocycles. The third-order valence-corrected chi connectivity index (χ3v) is 2.57. The van der Waals surface area contributed by atoms with Crippen LogP contribution in [0.5, 0.6) is 5.75 Å². The van der Waals surface area contributed by atoms with Gasteiger partial charge in [0.25, 0.3) is 0 Å². The van der Waals surface area contributed by atoms with Crippen LogP contribution in [0.15, 0.2) is 18.2 Å². The smallest absolute Gasteiger partial charge is 0.217 e. The minimum absolute atomic E-state index is 0.0333. The van der Waals surface area contributed by atoms with E-state index < -0.39 is 0 Å². The summed E-state index contributed by atoms with van der Waals surface area (Å²) in [5.74, 6) is 0.829. The van der Waals surface area contributed by atoms with E-state index in [9.17, 15) is 4.79 Å². The van der Waals surface area contributed by atoms with Crippen LogP contribution in [0.25, 0.3) is 0 Å². The summed E-state index contributed by atoms with van der Waals surface area (Å²) in [5.41, 5.74) is 1.05. The lowest BCUT2D eigenvalue weighted by Gasteiger charge is -2.25. The maximum atomic E-state index is 10.9. The Morgan fingerprint density at radius 1 is 1.60 bits per heavy atom. The molecule has 1 atom stereocenters. The fourth-order valence-corrected chi connectivity index (χ4v) is 1.94. The minimum atomic E-state index is -0.0333. The van der Waals surface area contributed by atoms with Gasteiger partial charge < -0.3 is 10.1 Å². The summed E-state index contributed by atoms with van der Waals surface area (Å²) < 4.78 is 5.52. The van der Waals surface area contributed by atoms with Crippen molar-refractivity contribution in [3.63, 3.8) is 0 Å². The lowest BCUT2D eigenvalue weighted by molar-refractivity contribution is -0.119. The van der Waals surface area contributed by atoms with E-state index in [-0.39, 0.29) is 11.9 Å². The van der Waals surface area contributed by atoms with Crippen molar-refractivity contribution in [1.29, 1.82) is 0 Å². The molecule has 1 unspecified atom stereocenters. The van der Waals surface area contributed by atoms with E-state index in [4.69, 9.17) is 16.3 Å². The Hall–Kier alpha value is -1.22. The van der Waals surface area contributed by atoms with Gasteiger partial charge >= 0.3 is 0 Å². The normalized spacial score (nSPS) is 18.9. The zero-order valence-electron chi connectivity index (χ0n) is 8.42. The minimum Gasteiger partial charge on any atom is -0.491 e. The standard InChI is InChI=1S/C11H12ClNO2/c1-7(14)13-10-5-8-4-9(12)2-3-11(8)15-6-10/h2-4,10H,5-6H2,1H3,(H,13,14). The lowest BCUT2D eigenvalue weighted by atomic mass is 10.0. The zero-order valence-corrected chi connectivity index (χ0v) is 9.17. The van der Waals surface area contributed by atoms with Crippen molar-refractivity contribution in [3.05, 3.63) is 28.8 Å². The molecular weight excluding hydrogens is 214 g/mol. The highest BCUT2D eigenvalue weighted by molar-refractivity contribution is 6.30. The number of carbonyl (C=O) groups excluding carboxylic acids is 1. The number of hydrogen-bond donors (Lipinski definition) is 1. The molecule has 2 rings (SSSR count). The van der Waals surface area contributed by atoms with Gasteiger partial charge in [0.15, 0.2) is 0 Å². The second kappa shape index (κ2) is 4.11. The van der Waals surface area contributed by atoms with Gasteiger partial charge in [-0.1, -0.05) is 11.6 Å². The van der Waals surface area contributed by atoms with Crippen LogP contribution in [0.3, 0.4) is 0 Å². The van der Waals surface area contributed by atoms with Gasteiger partial charge in [0, 0.05) is 11.9 Å². The van der Waals surface area contributed by atoms with Crippen molar-refractivity contribution >= 4 is 17.5 Å². The van der Waals surface area contributed by atoms with Crippen molar-refractivity contribution in [3.8, 4) is 5.75 Å². The first-order chi connectivity index (χ1) is 7.15. The molecule has 0 radical (unpaired) electrons. The average molecular weight is 226 g/mol. The maximum absolute atomic E-state index is 10.9. The Labute approximate surface area is 93.4 Å². The number of amides is 1. The van der Waals surface area contributed by atoms with Crippen molar-refractivity contribution in [2.45, 2.75) is 19.4 Å². The van der Waals surface area contributed by atoms with Gasteiger partial charge in [0.05, 0.1) is 6.04 Å². The van der Waals surface area contributed by atoms with E-state index in [1.165, 1.54) is 6.92 Å². The van der Waals surface area contributed by atoms with E-state index in [0.29, 0.717) is 11.6 Å². The molecule has 0 aromatic heterocycles. The predicted octanol–water partition coefficient (Wildman–Crippen LogP) is 1.78. The molecule has 0 saturated carbocycles. The summed E-state index contributed by atoms with van der Waals surface area (Å²) in [7, 11) is 0. The fourth-order valence-electron chi connectivity index (χ4n) is 1.74. The first-order valence-electron chi connectivity index (χ1n) is 4.83. The molecule has 1 amide bonds. The topological polar surface area (TPSA) is 38.3 Å². The number of fused-ring (bicyclic) bond motifs is 1. The molecular formula is C11H12ClNO2. The van der Waals surface area contributed by atoms with Crippen LogP contribution in [-0.2, 0) is 11.2 Å². The van der Waals surface area contributed by atoms with E-state index in [1.807, 2.05) is 12.1 Å². The average Bonchev–Trinajstić information content (AvgIpc) is 2.16. The summed E-state index contributed by atoms with van der Waals surface area (Å²) in [6.07, 6.45) is 0.773. The largest absolute Gasteiger partial charge is 0.491 e. The van der Waals surface area contributed by atoms with Crippen molar-refractivity contribution in [2.24, 2.45) is 0 Å². The first-order valence-corrected chi connectivity index (χ1v) is 5.21. The number of ether oxygens (including phenoxy) is 1. The van der Waals surface area contributed by atoms with Crippen LogP contribution in [0, 0.1) is 0 Å². The Bertz CT molecular complexity index is 392. The predicted molar refractivity (Wildman–Crippen MR) is 58.3 cm³/mol. The van der Waals surface area contributed by atoms with Crippen molar-refractivity contribution < 1.29 is 9.53 Å². The highest BCUT2D eigenvalue weighted by Crippen LogP contribution is 2.27. The Kier molecular flexibility index (Phi) is 2.82. The van der Waals surface area contributed by atoms with Crippen LogP contribution in [0.4, 0.5) is 0 Å². The van der Waals surface area contributed by atoms with E-state index >= 15 is 0 Å². The van der Waals surface area contributed by atoms with Gasteiger partial charge in [-0.15, -0.1) is 0 Å². The Balaban J connectivity index is 2.14. The summed E-state index contributed by atoms with van der Waals surface area (Å²) in [5, 5.41) is 3.53. The molecule has 0 fully saturated rings. The van der Waals surface area contributed by atoms with Gasteiger partial charge in [0.2, 0.25) is 5.91 Å². The van der Waals surface area contributed by atoms with Crippen molar-refractivity contribution in [2.75, 3.05) is 6.61 Å². The summed E-state index contributed by atoms with van der Waals surface area (Å²) in [6, 6.07) is 5.60. The van der Waals surface area contributed by atoms with Crippen molar-refractivity contribution in [1.82, 2.24) is 5.32 Å². The number of rotatable bonds is 1. The van der Waals surface area contributed by atoms with Gasteiger partial charge in [-0.05, 0) is 30.2 Å². The molecule has 0 bridgehead atoms. The quantitative estimate of drug-likeness (QED) is 0.791. The third kappa shape index (κ3) is 2.42. The van der Waals surface area contributed by atoms with Crippen LogP contribution in [0.2, 0.25) is 5.02 Å². The third-order valence-electron chi connectivity index (χ3n) is 2.34. The molecule has 1 aromatic carbocycles. The monoisotopic (exact) mass is 225 g/mol. The van der Waals surface area contributed by atoms with Crippen LogP contribution in [0.1, 0.15) is 12.5 Å². The van der Waals surface area contributed by atoms with E-state index in [2.05, 4.69) is 5.32 Å². The van der Waals surface area contributed by atoms with Gasteiger partial charge in [0.1, 0.15) is 12.4 Å². The van der Waals surface area contributed by atoms with Gasteiger partial charge in [-0.2, -0.15) is 0 Å². The number of carbonyl (C=O) groups is 1. The summed E-state index contributed by atoms with van der Waals surface area (Å²) in [6.45, 7) is 2.03. The molecule has 0 aliphatic carbocycles. The second-order valence-electron chi connectivity index (χ2n) is 3.66. The maximum Gasteiger partial charge on any atom is 0.217 e. The number of hydrogen-bond acceptors (Lipinski definition) is 2. The highest BCUT2D eigenvalue weighted by atomic mass is 35.5. The van der Waals surface area contributed by atoms with Crippen LogP contribution >= 0.6 is 11.6 Å².